The fourth-order valence-electron chi connectivity index (χ4n) is 3.87. The Hall–Kier alpha value is -5.11. The number of fused-ring (bicyclic) bond motifs is 1. The molecule has 37 heavy (non-hydrogen) atoms. The van der Waals surface area contributed by atoms with Gasteiger partial charge in [-0.15, -0.1) is 0 Å². The number of rotatable bonds is 7. The number of ether oxygens (including phenoxy) is 3. The third-order valence-corrected chi connectivity index (χ3v) is 5.69. The fraction of sp³-hybridized carbons (Fsp3) is 0.0690. The summed E-state index contributed by atoms with van der Waals surface area (Å²) in [7, 11) is 3.04. The Kier molecular flexibility index (Phi) is 6.54. The summed E-state index contributed by atoms with van der Waals surface area (Å²) < 4.78 is 17.7. The van der Waals surface area contributed by atoms with Crippen LogP contribution in [-0.4, -0.2) is 29.9 Å². The van der Waals surface area contributed by atoms with Gasteiger partial charge in [0.1, 0.15) is 23.0 Å². The maximum atomic E-state index is 13.4. The number of carbonyl (C=O) groups is 1. The first-order valence-corrected chi connectivity index (χ1v) is 11.5. The van der Waals surface area contributed by atoms with Crippen LogP contribution in [-0.2, 0) is 0 Å². The Morgan fingerprint density at radius 3 is 1.97 bits per heavy atom. The summed E-state index contributed by atoms with van der Waals surface area (Å²) in [6, 6.07) is 28.3. The van der Waals surface area contributed by atoms with Crippen LogP contribution >= 0.6 is 0 Å². The molecule has 5 rings (SSSR count). The number of methoxy groups -OCH3 is 2. The minimum absolute atomic E-state index is 0.0987. The van der Waals surface area contributed by atoms with E-state index in [2.05, 4.69) is 10.4 Å². The van der Waals surface area contributed by atoms with E-state index < -0.39 is 5.91 Å². The minimum Gasteiger partial charge on any atom is -0.497 e. The quantitative estimate of drug-likeness (QED) is 0.324. The second-order valence-electron chi connectivity index (χ2n) is 8.08. The van der Waals surface area contributed by atoms with Crippen molar-refractivity contribution in [2.75, 3.05) is 19.5 Å². The van der Waals surface area contributed by atoms with Crippen molar-refractivity contribution in [2.45, 2.75) is 0 Å². The smallest absolute Gasteiger partial charge is 0.279 e. The van der Waals surface area contributed by atoms with E-state index in [4.69, 9.17) is 14.2 Å². The topological polar surface area (TPSA) is 91.7 Å². The van der Waals surface area contributed by atoms with E-state index >= 15 is 0 Å². The zero-order valence-corrected chi connectivity index (χ0v) is 20.2. The lowest BCUT2D eigenvalue weighted by Crippen LogP contribution is -2.26. The van der Waals surface area contributed by atoms with Gasteiger partial charge in [0.05, 0.1) is 25.3 Å². The third kappa shape index (κ3) is 4.99. The predicted molar refractivity (Wildman–Crippen MR) is 141 cm³/mol. The SMILES string of the molecule is COc1cc(OC)cc(-n2nc(C(=O)Nc3ccc(Oc4ccccc4)cc3)c3ccccc3c2=O)c1. The van der Waals surface area contributed by atoms with Gasteiger partial charge in [-0.25, -0.2) is 0 Å². The predicted octanol–water partition coefficient (Wildman–Crippen LogP) is 5.45. The molecule has 5 aromatic rings. The first-order valence-electron chi connectivity index (χ1n) is 11.5. The average Bonchev–Trinajstić information content (AvgIpc) is 2.94. The van der Waals surface area contributed by atoms with Crippen LogP contribution in [0.2, 0.25) is 0 Å². The first-order chi connectivity index (χ1) is 18.1. The summed E-state index contributed by atoms with van der Waals surface area (Å²) in [6.07, 6.45) is 0. The largest absolute Gasteiger partial charge is 0.497 e. The van der Waals surface area contributed by atoms with Crippen molar-refractivity contribution in [2.24, 2.45) is 0 Å². The molecule has 0 saturated carbocycles. The molecule has 0 unspecified atom stereocenters. The zero-order valence-electron chi connectivity index (χ0n) is 20.2. The van der Waals surface area contributed by atoms with Crippen molar-refractivity contribution < 1.29 is 19.0 Å². The Bertz CT molecular complexity index is 1610. The van der Waals surface area contributed by atoms with Gasteiger partial charge in [-0.2, -0.15) is 9.78 Å². The monoisotopic (exact) mass is 493 g/mol. The average molecular weight is 494 g/mol. The molecule has 8 heteroatoms. The van der Waals surface area contributed by atoms with Crippen LogP contribution in [0.5, 0.6) is 23.0 Å². The van der Waals surface area contributed by atoms with E-state index in [1.165, 1.54) is 18.9 Å². The number of benzene rings is 4. The summed E-state index contributed by atoms with van der Waals surface area (Å²) in [4.78, 5) is 26.7. The molecule has 1 aromatic heterocycles. The standard InChI is InChI=1S/C29H23N3O5/c1-35-23-16-20(17-24(18-23)36-2)32-29(34)26-11-7-6-10-25(26)27(31-32)28(33)30-19-12-14-22(15-13-19)37-21-8-4-3-5-9-21/h3-18H,1-2H3,(H,30,33). The Morgan fingerprint density at radius 1 is 0.730 bits per heavy atom. The summed E-state index contributed by atoms with van der Waals surface area (Å²) in [5.41, 5.74) is 0.687. The van der Waals surface area contributed by atoms with Gasteiger partial charge in [-0.3, -0.25) is 9.59 Å². The molecule has 4 aromatic carbocycles. The zero-order chi connectivity index (χ0) is 25.8. The molecular weight excluding hydrogens is 470 g/mol. The van der Waals surface area contributed by atoms with Gasteiger partial charge < -0.3 is 19.5 Å². The fourth-order valence-corrected chi connectivity index (χ4v) is 3.87. The molecule has 1 amide bonds. The normalized spacial score (nSPS) is 10.6. The molecule has 0 aliphatic rings. The summed E-state index contributed by atoms with van der Waals surface area (Å²) >= 11 is 0. The molecule has 0 radical (unpaired) electrons. The van der Waals surface area contributed by atoms with Crippen LogP contribution in [0.3, 0.4) is 0 Å². The molecule has 8 nitrogen and oxygen atoms in total. The molecule has 0 fully saturated rings. The van der Waals surface area contributed by atoms with Crippen LogP contribution in [0.1, 0.15) is 10.5 Å². The number of amides is 1. The van der Waals surface area contributed by atoms with Gasteiger partial charge >= 0.3 is 0 Å². The van der Waals surface area contributed by atoms with Gasteiger partial charge in [0.25, 0.3) is 11.5 Å². The number of hydrogen-bond donors (Lipinski definition) is 1. The summed E-state index contributed by atoms with van der Waals surface area (Å²) in [6.45, 7) is 0. The lowest BCUT2D eigenvalue weighted by Gasteiger charge is -2.13. The van der Waals surface area contributed by atoms with Crippen molar-refractivity contribution in [3.8, 4) is 28.7 Å². The molecule has 0 atom stereocenters. The number of para-hydroxylation sites is 1. The van der Waals surface area contributed by atoms with Gasteiger partial charge in [0, 0.05) is 29.3 Å². The van der Waals surface area contributed by atoms with Crippen LogP contribution in [0.4, 0.5) is 5.69 Å². The Balaban J connectivity index is 1.50. The highest BCUT2D eigenvalue weighted by Gasteiger charge is 2.18. The number of aromatic nitrogens is 2. The number of nitrogens with one attached hydrogen (secondary N) is 1. The van der Waals surface area contributed by atoms with Crippen molar-refractivity contribution >= 4 is 22.4 Å². The van der Waals surface area contributed by atoms with Crippen LogP contribution in [0.25, 0.3) is 16.5 Å². The van der Waals surface area contributed by atoms with Crippen molar-refractivity contribution in [3.05, 3.63) is 113 Å². The molecule has 184 valence electrons. The molecule has 0 spiro atoms. The first kappa shape index (κ1) is 23.6. The number of carbonyl (C=O) groups excluding carboxylic acids is 1. The van der Waals surface area contributed by atoms with Gasteiger partial charge in [-0.05, 0) is 42.5 Å². The maximum absolute atomic E-state index is 13.4. The van der Waals surface area contributed by atoms with E-state index in [-0.39, 0.29) is 11.3 Å². The van der Waals surface area contributed by atoms with Gasteiger partial charge in [0.2, 0.25) is 0 Å². The molecule has 1 heterocycles. The van der Waals surface area contributed by atoms with Gasteiger partial charge in [-0.1, -0.05) is 36.4 Å². The highest BCUT2D eigenvalue weighted by molar-refractivity contribution is 6.11. The molecule has 0 aliphatic heterocycles. The second kappa shape index (κ2) is 10.2. The lowest BCUT2D eigenvalue weighted by atomic mass is 10.1. The van der Waals surface area contributed by atoms with E-state index in [1.807, 2.05) is 30.3 Å². The molecule has 0 saturated heterocycles. The van der Waals surface area contributed by atoms with E-state index in [0.717, 1.165) is 0 Å². The van der Waals surface area contributed by atoms with Crippen molar-refractivity contribution in [1.82, 2.24) is 9.78 Å². The Labute approximate surface area is 212 Å². The van der Waals surface area contributed by atoms with Crippen molar-refractivity contribution in [3.63, 3.8) is 0 Å². The maximum Gasteiger partial charge on any atom is 0.279 e. The molecule has 0 bridgehead atoms. The Morgan fingerprint density at radius 2 is 1.32 bits per heavy atom. The summed E-state index contributed by atoms with van der Waals surface area (Å²) in [5, 5.41) is 8.11. The minimum atomic E-state index is -0.462. The van der Waals surface area contributed by atoms with Crippen LogP contribution in [0, 0.1) is 0 Å². The lowest BCUT2D eigenvalue weighted by molar-refractivity contribution is 0.102. The summed E-state index contributed by atoms with van der Waals surface area (Å²) in [5.74, 6) is 1.86. The third-order valence-electron chi connectivity index (χ3n) is 5.69. The number of nitrogens with zero attached hydrogens (tertiary/aromatic N) is 2. The van der Waals surface area contributed by atoms with E-state index in [9.17, 15) is 9.59 Å². The highest BCUT2D eigenvalue weighted by Crippen LogP contribution is 2.26. The molecular formula is C29H23N3O5. The molecule has 1 N–H and O–H groups in total. The van der Waals surface area contributed by atoms with E-state index in [1.54, 1.807) is 66.7 Å². The van der Waals surface area contributed by atoms with Crippen LogP contribution < -0.4 is 25.1 Å². The highest BCUT2D eigenvalue weighted by atomic mass is 16.5. The van der Waals surface area contributed by atoms with Gasteiger partial charge in [0.15, 0.2) is 5.69 Å². The van der Waals surface area contributed by atoms with E-state index in [0.29, 0.717) is 45.1 Å². The number of hydrogen-bond acceptors (Lipinski definition) is 6. The van der Waals surface area contributed by atoms with Crippen LogP contribution in [0.15, 0.2) is 102 Å². The molecule has 0 aliphatic carbocycles. The number of anilines is 1. The van der Waals surface area contributed by atoms with Crippen molar-refractivity contribution in [1.29, 1.82) is 0 Å². The second-order valence-corrected chi connectivity index (χ2v) is 8.08.